The lowest BCUT2D eigenvalue weighted by Gasteiger charge is -2.10. The van der Waals surface area contributed by atoms with Crippen LogP contribution >= 0.6 is 11.3 Å². The number of benzene rings is 1. The van der Waals surface area contributed by atoms with E-state index >= 15 is 0 Å². The van der Waals surface area contributed by atoms with E-state index in [1.54, 1.807) is 24.4 Å². The first kappa shape index (κ1) is 21.5. The number of carbonyl (C=O) groups excluding carboxylic acids is 1. The van der Waals surface area contributed by atoms with E-state index in [4.69, 9.17) is 0 Å². The van der Waals surface area contributed by atoms with Gasteiger partial charge in [-0.25, -0.2) is 13.4 Å². The fourth-order valence-electron chi connectivity index (χ4n) is 4.13. The van der Waals surface area contributed by atoms with Crippen LogP contribution in [-0.2, 0) is 27.5 Å². The van der Waals surface area contributed by atoms with Gasteiger partial charge in [0.1, 0.15) is 15.8 Å². The maximum absolute atomic E-state index is 13.1. The Balaban J connectivity index is 1.35. The van der Waals surface area contributed by atoms with Crippen molar-refractivity contribution in [3.05, 3.63) is 81.2 Å². The van der Waals surface area contributed by atoms with Gasteiger partial charge < -0.3 is 5.32 Å². The highest BCUT2D eigenvalue weighted by Crippen LogP contribution is 2.29. The van der Waals surface area contributed by atoms with E-state index in [1.807, 2.05) is 25.1 Å². The van der Waals surface area contributed by atoms with E-state index in [1.165, 1.54) is 16.8 Å². The molecule has 7 nitrogen and oxygen atoms in total. The molecule has 0 amide bonds. The van der Waals surface area contributed by atoms with E-state index in [2.05, 4.69) is 10.3 Å². The number of ketones is 1. The second kappa shape index (κ2) is 8.24. The highest BCUT2D eigenvalue weighted by Gasteiger charge is 2.21. The maximum Gasteiger partial charge on any atom is 0.264 e. The Bertz CT molecular complexity index is 1550. The van der Waals surface area contributed by atoms with Crippen LogP contribution in [0.5, 0.6) is 0 Å². The van der Waals surface area contributed by atoms with Gasteiger partial charge in [0.05, 0.1) is 0 Å². The van der Waals surface area contributed by atoms with Gasteiger partial charge in [0.2, 0.25) is 0 Å². The average molecular weight is 480 g/mol. The molecule has 0 bridgehead atoms. The average Bonchev–Trinajstić information content (AvgIpc) is 3.44. The van der Waals surface area contributed by atoms with Crippen molar-refractivity contribution >= 4 is 43.4 Å². The van der Waals surface area contributed by atoms with Crippen LogP contribution in [-0.4, -0.2) is 36.0 Å². The molecule has 0 spiro atoms. The summed E-state index contributed by atoms with van der Waals surface area (Å²) in [5.41, 5.74) is 2.67. The van der Waals surface area contributed by atoms with Crippen molar-refractivity contribution in [2.45, 2.75) is 24.0 Å². The van der Waals surface area contributed by atoms with Crippen molar-refractivity contribution in [3.63, 3.8) is 0 Å². The zero-order valence-electron chi connectivity index (χ0n) is 17.9. The molecule has 0 aliphatic carbocycles. The number of fused-ring (bicyclic) bond motifs is 3. The Kier molecular flexibility index (Phi) is 5.38. The van der Waals surface area contributed by atoms with Gasteiger partial charge in [-0.1, -0.05) is 6.07 Å². The third-order valence-electron chi connectivity index (χ3n) is 5.72. The van der Waals surface area contributed by atoms with Gasteiger partial charge in [0, 0.05) is 41.3 Å². The monoisotopic (exact) mass is 479 g/mol. The molecule has 0 fully saturated rings. The first-order valence-corrected chi connectivity index (χ1v) is 13.0. The molecule has 0 saturated carbocycles. The van der Waals surface area contributed by atoms with E-state index in [0.29, 0.717) is 16.8 Å². The lowest BCUT2D eigenvalue weighted by molar-refractivity contribution is -0.116. The summed E-state index contributed by atoms with van der Waals surface area (Å²) in [4.78, 5) is 30.7. The summed E-state index contributed by atoms with van der Waals surface area (Å²) >= 11 is 1.16. The highest BCUT2D eigenvalue weighted by molar-refractivity contribution is 7.94. The Morgan fingerprint density at radius 3 is 2.70 bits per heavy atom. The molecule has 1 N–H and O–H groups in total. The second-order valence-electron chi connectivity index (χ2n) is 8.08. The Morgan fingerprint density at radius 2 is 1.97 bits per heavy atom. The van der Waals surface area contributed by atoms with Crippen molar-refractivity contribution in [3.8, 4) is 5.82 Å². The van der Waals surface area contributed by atoms with Gasteiger partial charge >= 0.3 is 0 Å². The minimum atomic E-state index is -3.64. The van der Waals surface area contributed by atoms with E-state index < -0.39 is 21.4 Å². The largest absolute Gasteiger partial charge is 0.384 e. The zero-order chi connectivity index (χ0) is 23.2. The number of aryl methyl sites for hydroxylation is 1. The molecule has 0 saturated heterocycles. The molecule has 1 aromatic carbocycles. The van der Waals surface area contributed by atoms with Gasteiger partial charge in [-0.05, 0) is 66.3 Å². The summed E-state index contributed by atoms with van der Waals surface area (Å²) in [5, 5.41) is 4.90. The first-order valence-electron chi connectivity index (χ1n) is 10.5. The lowest BCUT2D eigenvalue weighted by Crippen LogP contribution is -2.19. The second-order valence-corrected chi connectivity index (χ2v) is 11.6. The summed E-state index contributed by atoms with van der Waals surface area (Å²) < 4.78 is 26.6. The van der Waals surface area contributed by atoms with Crippen molar-refractivity contribution in [2.24, 2.45) is 0 Å². The van der Waals surface area contributed by atoms with Crippen LogP contribution in [0.25, 0.3) is 16.6 Å². The topological polar surface area (TPSA) is 98.1 Å². The molecule has 0 unspecified atom stereocenters. The first-order chi connectivity index (χ1) is 15.8. The summed E-state index contributed by atoms with van der Waals surface area (Å²) in [6.45, 7) is 2.69. The van der Waals surface area contributed by atoms with Crippen molar-refractivity contribution in [1.29, 1.82) is 0 Å². The quantitative estimate of drug-likeness (QED) is 0.456. The van der Waals surface area contributed by atoms with Gasteiger partial charge in [-0.15, -0.1) is 11.3 Å². The summed E-state index contributed by atoms with van der Waals surface area (Å²) in [7, 11) is -3.64. The van der Waals surface area contributed by atoms with Gasteiger partial charge in [-0.3, -0.25) is 14.2 Å². The highest BCUT2D eigenvalue weighted by atomic mass is 32.2. The molecule has 5 rings (SSSR count). The number of pyridine rings is 2. The summed E-state index contributed by atoms with van der Waals surface area (Å²) in [6.07, 6.45) is 4.08. The Hall–Kier alpha value is -3.30. The van der Waals surface area contributed by atoms with E-state index in [-0.39, 0.29) is 16.2 Å². The summed E-state index contributed by atoms with van der Waals surface area (Å²) in [5.74, 6) is -0.503. The normalized spacial score (nSPS) is 13.1. The Labute approximate surface area is 194 Å². The number of sulfone groups is 1. The molecule has 1 aliphatic heterocycles. The molecule has 3 aromatic heterocycles. The number of carbonyl (C=O) groups is 1. The third-order valence-corrected chi connectivity index (χ3v) is 8.98. The van der Waals surface area contributed by atoms with Crippen LogP contribution in [0.3, 0.4) is 0 Å². The molecule has 4 aromatic rings. The fraction of sp³-hybridized carbons (Fsp3) is 0.208. The van der Waals surface area contributed by atoms with Gasteiger partial charge in [0.15, 0.2) is 15.6 Å². The SMILES string of the molecule is Cc1ccc(S(=O)(=O)CC(=O)Cc2ccc(-n3ccc4c5c(ccc4c3=O)NCC5)nc2)s1. The molecule has 0 atom stereocenters. The van der Waals surface area contributed by atoms with Crippen molar-refractivity contribution in [1.82, 2.24) is 9.55 Å². The number of rotatable bonds is 6. The molecule has 168 valence electrons. The van der Waals surface area contributed by atoms with Crippen LogP contribution in [0.15, 0.2) is 63.9 Å². The molecule has 9 heteroatoms. The molecular formula is C24H21N3O4S2. The zero-order valence-corrected chi connectivity index (χ0v) is 19.5. The number of hydrogen-bond acceptors (Lipinski definition) is 7. The maximum atomic E-state index is 13.1. The minimum Gasteiger partial charge on any atom is -0.384 e. The van der Waals surface area contributed by atoms with Gasteiger partial charge in [-0.2, -0.15) is 0 Å². The van der Waals surface area contributed by atoms with Crippen LogP contribution in [0.4, 0.5) is 5.69 Å². The lowest BCUT2D eigenvalue weighted by atomic mass is 10.0. The smallest absolute Gasteiger partial charge is 0.264 e. The predicted octanol–water partition coefficient (Wildman–Crippen LogP) is 3.31. The standard InChI is InChI=1S/C24H21N3O4S2/c1-15-2-7-23(32-15)33(30,31)14-17(28)12-16-3-6-22(26-13-16)27-11-9-18-19-8-10-25-21(19)5-4-20(18)24(27)29/h2-7,9,11,13,25H,8,10,12,14H2,1H3. The molecule has 0 radical (unpaired) electrons. The number of thiophene rings is 1. The molecule has 4 heterocycles. The van der Waals surface area contributed by atoms with E-state index in [9.17, 15) is 18.0 Å². The van der Waals surface area contributed by atoms with Crippen LogP contribution in [0.1, 0.15) is 16.0 Å². The molecular weight excluding hydrogens is 458 g/mol. The van der Waals surface area contributed by atoms with Crippen molar-refractivity contribution in [2.75, 3.05) is 17.6 Å². The van der Waals surface area contributed by atoms with Crippen LogP contribution in [0.2, 0.25) is 0 Å². The van der Waals surface area contributed by atoms with Crippen LogP contribution < -0.4 is 10.9 Å². The fourth-order valence-corrected chi connectivity index (χ4v) is 6.74. The van der Waals surface area contributed by atoms with E-state index in [0.717, 1.165) is 45.8 Å². The number of aromatic nitrogens is 2. The number of nitrogens with zero attached hydrogens (tertiary/aromatic N) is 2. The van der Waals surface area contributed by atoms with Gasteiger partial charge in [0.25, 0.3) is 5.56 Å². The number of nitrogens with one attached hydrogen (secondary N) is 1. The number of hydrogen-bond donors (Lipinski definition) is 1. The Morgan fingerprint density at radius 1 is 1.12 bits per heavy atom. The minimum absolute atomic E-state index is 0.0391. The predicted molar refractivity (Wildman–Crippen MR) is 129 cm³/mol. The number of Topliss-reactive ketones (excluding diaryl/α,β-unsaturated/α-hetero) is 1. The van der Waals surface area contributed by atoms with Crippen LogP contribution in [0, 0.1) is 6.92 Å². The summed E-state index contributed by atoms with van der Waals surface area (Å²) in [6, 6.07) is 12.3. The third kappa shape index (κ3) is 4.09. The van der Waals surface area contributed by atoms with Crippen molar-refractivity contribution < 1.29 is 13.2 Å². The molecule has 1 aliphatic rings. The number of anilines is 1. The molecule has 33 heavy (non-hydrogen) atoms.